The van der Waals surface area contributed by atoms with Gasteiger partial charge in [0.1, 0.15) is 5.65 Å². The molecule has 0 aliphatic carbocycles. The number of aryl methyl sites for hydroxylation is 1. The van der Waals surface area contributed by atoms with Crippen molar-refractivity contribution in [3.05, 3.63) is 51.9 Å². The van der Waals surface area contributed by atoms with Gasteiger partial charge in [0.2, 0.25) is 5.89 Å². The Morgan fingerprint density at radius 3 is 2.96 bits per heavy atom. The third-order valence-electron chi connectivity index (χ3n) is 4.52. The summed E-state index contributed by atoms with van der Waals surface area (Å²) in [6.07, 6.45) is 1.11. The van der Waals surface area contributed by atoms with Crippen molar-refractivity contribution in [2.45, 2.75) is 30.7 Å². The van der Waals surface area contributed by atoms with Crippen molar-refractivity contribution in [1.82, 2.24) is 19.6 Å². The van der Waals surface area contributed by atoms with Crippen LogP contribution in [-0.2, 0) is 22.0 Å². The van der Waals surface area contributed by atoms with Crippen molar-refractivity contribution < 1.29 is 12.8 Å². The molecule has 1 aliphatic heterocycles. The highest BCUT2D eigenvalue weighted by Gasteiger charge is 2.29. The van der Waals surface area contributed by atoms with Gasteiger partial charge >= 0.3 is 0 Å². The summed E-state index contributed by atoms with van der Waals surface area (Å²) in [6, 6.07) is 7.03. The van der Waals surface area contributed by atoms with Crippen molar-refractivity contribution >= 4 is 27.2 Å². The van der Waals surface area contributed by atoms with Crippen LogP contribution in [0.5, 0.6) is 0 Å². The maximum absolute atomic E-state index is 12.3. The monoisotopic (exact) mass is 406 g/mol. The summed E-state index contributed by atoms with van der Waals surface area (Å²) in [6.45, 7) is 1.86. The molecule has 1 saturated heterocycles. The molecule has 1 atom stereocenters. The number of hydrogen-bond donors (Lipinski definition) is 0. The highest BCUT2D eigenvalue weighted by Crippen LogP contribution is 2.25. The van der Waals surface area contributed by atoms with Crippen molar-refractivity contribution in [1.29, 1.82) is 0 Å². The average Bonchev–Trinajstić information content (AvgIpc) is 3.19. The Labute approximate surface area is 159 Å². The molecule has 0 amide bonds. The van der Waals surface area contributed by atoms with E-state index in [2.05, 4.69) is 15.2 Å². The fraction of sp³-hybridized carbons (Fsp3) is 0.412. The minimum absolute atomic E-state index is 0.0405. The lowest BCUT2D eigenvalue weighted by Gasteiger charge is -2.05. The number of hydrogen-bond acceptors (Lipinski definition) is 8. The van der Waals surface area contributed by atoms with Gasteiger partial charge in [-0.25, -0.2) is 13.4 Å². The SMILES string of the molecule is Cc1cccc2nc(CSc3nnc(C[C@H]4CCS(=O)(=O)C4)o3)cc(=O)n12. The van der Waals surface area contributed by atoms with E-state index >= 15 is 0 Å². The van der Waals surface area contributed by atoms with Crippen LogP contribution in [0.3, 0.4) is 0 Å². The van der Waals surface area contributed by atoms with Gasteiger partial charge in [-0.3, -0.25) is 9.20 Å². The van der Waals surface area contributed by atoms with E-state index in [1.165, 1.54) is 17.8 Å². The first kappa shape index (κ1) is 18.2. The molecule has 1 aliphatic rings. The fourth-order valence-electron chi connectivity index (χ4n) is 3.23. The van der Waals surface area contributed by atoms with Crippen LogP contribution < -0.4 is 5.56 Å². The lowest BCUT2D eigenvalue weighted by atomic mass is 10.1. The van der Waals surface area contributed by atoms with Gasteiger partial charge in [0.05, 0.1) is 17.2 Å². The van der Waals surface area contributed by atoms with E-state index in [4.69, 9.17) is 4.42 Å². The second kappa shape index (κ2) is 7.08. The Morgan fingerprint density at radius 2 is 2.19 bits per heavy atom. The fourth-order valence-corrected chi connectivity index (χ4v) is 5.77. The topological polar surface area (TPSA) is 107 Å². The van der Waals surface area contributed by atoms with Gasteiger partial charge in [0, 0.05) is 23.9 Å². The summed E-state index contributed by atoms with van der Waals surface area (Å²) in [7, 11) is -2.92. The predicted molar refractivity (Wildman–Crippen MR) is 101 cm³/mol. The maximum Gasteiger partial charge on any atom is 0.276 e. The summed E-state index contributed by atoms with van der Waals surface area (Å²) < 4.78 is 30.2. The molecule has 3 aromatic rings. The van der Waals surface area contributed by atoms with Crippen LogP contribution >= 0.6 is 11.8 Å². The quantitative estimate of drug-likeness (QED) is 0.589. The molecule has 10 heteroatoms. The molecule has 27 heavy (non-hydrogen) atoms. The second-order valence-electron chi connectivity index (χ2n) is 6.67. The van der Waals surface area contributed by atoms with Crippen LogP contribution in [0.1, 0.15) is 23.7 Å². The molecule has 4 heterocycles. The predicted octanol–water partition coefficient (Wildman–Crippen LogP) is 1.66. The Balaban J connectivity index is 1.43. The van der Waals surface area contributed by atoms with Crippen LogP contribution in [0.25, 0.3) is 5.65 Å². The Bertz CT molecular complexity index is 1150. The van der Waals surface area contributed by atoms with Gasteiger partial charge in [0.15, 0.2) is 9.84 Å². The van der Waals surface area contributed by atoms with E-state index in [0.717, 1.165) is 5.69 Å². The standard InChI is InChI=1S/C17H18N4O4S2/c1-11-3-2-4-14-18-13(8-16(22)21(11)14)9-26-17-20-19-15(25-17)7-12-5-6-27(23,24)10-12/h2-4,8,12H,5-7,9-10H2,1H3/t12-/m1/s1. The molecule has 0 radical (unpaired) electrons. The summed E-state index contributed by atoms with van der Waals surface area (Å²) in [4.78, 5) is 16.8. The van der Waals surface area contributed by atoms with Crippen molar-refractivity contribution in [2.75, 3.05) is 11.5 Å². The van der Waals surface area contributed by atoms with Gasteiger partial charge in [-0.2, -0.15) is 0 Å². The van der Waals surface area contributed by atoms with Crippen LogP contribution in [0.2, 0.25) is 0 Å². The second-order valence-corrected chi connectivity index (χ2v) is 9.83. The normalized spacial score (nSPS) is 18.9. The Morgan fingerprint density at radius 1 is 1.33 bits per heavy atom. The molecular formula is C17H18N4O4S2. The zero-order chi connectivity index (χ0) is 19.0. The van der Waals surface area contributed by atoms with Crippen LogP contribution in [0, 0.1) is 12.8 Å². The zero-order valence-electron chi connectivity index (χ0n) is 14.7. The molecule has 4 rings (SSSR count). The highest BCUT2D eigenvalue weighted by molar-refractivity contribution is 7.98. The minimum Gasteiger partial charge on any atom is -0.416 e. The number of sulfone groups is 1. The van der Waals surface area contributed by atoms with Crippen LogP contribution in [-0.4, -0.2) is 39.5 Å². The van der Waals surface area contributed by atoms with E-state index in [0.29, 0.717) is 41.0 Å². The van der Waals surface area contributed by atoms with Gasteiger partial charge in [-0.15, -0.1) is 10.2 Å². The number of fused-ring (bicyclic) bond motifs is 1. The number of nitrogens with zero attached hydrogens (tertiary/aromatic N) is 4. The zero-order valence-corrected chi connectivity index (χ0v) is 16.3. The largest absolute Gasteiger partial charge is 0.416 e. The Hall–Kier alpha value is -2.20. The van der Waals surface area contributed by atoms with Gasteiger partial charge in [0.25, 0.3) is 10.8 Å². The molecule has 3 aromatic heterocycles. The third kappa shape index (κ3) is 4.06. The molecule has 1 fully saturated rings. The first-order chi connectivity index (χ1) is 12.9. The lowest BCUT2D eigenvalue weighted by molar-refractivity contribution is 0.389. The van der Waals surface area contributed by atoms with E-state index in [-0.39, 0.29) is 23.0 Å². The van der Waals surface area contributed by atoms with Crippen LogP contribution in [0.15, 0.2) is 38.7 Å². The molecule has 0 bridgehead atoms. The van der Waals surface area contributed by atoms with Gasteiger partial charge in [-0.1, -0.05) is 17.8 Å². The molecule has 142 valence electrons. The molecule has 8 nitrogen and oxygen atoms in total. The number of pyridine rings is 1. The molecule has 0 aromatic carbocycles. The molecule has 0 N–H and O–H groups in total. The summed E-state index contributed by atoms with van der Waals surface area (Å²) in [5, 5.41) is 8.38. The summed E-state index contributed by atoms with van der Waals surface area (Å²) in [5.74, 6) is 1.33. The first-order valence-corrected chi connectivity index (χ1v) is 11.3. The average molecular weight is 406 g/mol. The molecule has 0 spiro atoms. The van der Waals surface area contributed by atoms with E-state index in [1.54, 1.807) is 10.5 Å². The van der Waals surface area contributed by atoms with E-state index in [1.807, 2.05) is 19.1 Å². The van der Waals surface area contributed by atoms with E-state index in [9.17, 15) is 13.2 Å². The van der Waals surface area contributed by atoms with Crippen molar-refractivity contribution in [2.24, 2.45) is 5.92 Å². The molecule has 0 saturated carbocycles. The summed E-state index contributed by atoms with van der Waals surface area (Å²) in [5.41, 5.74) is 1.95. The van der Waals surface area contributed by atoms with Gasteiger partial charge < -0.3 is 4.42 Å². The third-order valence-corrected chi connectivity index (χ3v) is 7.20. The number of rotatable bonds is 5. The molecule has 0 unspecified atom stereocenters. The molecular weight excluding hydrogens is 388 g/mol. The minimum atomic E-state index is -2.92. The van der Waals surface area contributed by atoms with Crippen LogP contribution in [0.4, 0.5) is 0 Å². The summed E-state index contributed by atoms with van der Waals surface area (Å²) >= 11 is 1.30. The smallest absolute Gasteiger partial charge is 0.276 e. The number of thioether (sulfide) groups is 1. The number of aromatic nitrogens is 4. The maximum atomic E-state index is 12.3. The van der Waals surface area contributed by atoms with Crippen molar-refractivity contribution in [3.63, 3.8) is 0 Å². The van der Waals surface area contributed by atoms with E-state index < -0.39 is 9.84 Å². The lowest BCUT2D eigenvalue weighted by Crippen LogP contribution is -2.17. The van der Waals surface area contributed by atoms with Gasteiger partial charge in [-0.05, 0) is 31.4 Å². The van der Waals surface area contributed by atoms with Crippen molar-refractivity contribution in [3.8, 4) is 0 Å². The highest BCUT2D eigenvalue weighted by atomic mass is 32.2. The Kier molecular flexibility index (Phi) is 4.77. The first-order valence-electron chi connectivity index (χ1n) is 8.53.